The summed E-state index contributed by atoms with van der Waals surface area (Å²) in [6.07, 6.45) is 1.81. The lowest BCUT2D eigenvalue weighted by Gasteiger charge is -2.30. The Kier molecular flexibility index (Phi) is 7.38. The normalized spacial score (nSPS) is 16.4. The van der Waals surface area contributed by atoms with E-state index in [1.807, 2.05) is 35.0 Å². The van der Waals surface area contributed by atoms with Crippen LogP contribution in [0.1, 0.15) is 48.8 Å². The number of rotatable bonds is 9. The van der Waals surface area contributed by atoms with Crippen molar-refractivity contribution in [1.29, 1.82) is 0 Å². The number of thiophene rings is 2. The van der Waals surface area contributed by atoms with Crippen LogP contribution < -0.4 is 16.8 Å². The Morgan fingerprint density at radius 3 is 2.64 bits per heavy atom. The molecular formula is C21H23N5O4S3. The molecule has 12 heteroatoms. The Balaban J connectivity index is 1.68. The second-order valence-corrected chi connectivity index (χ2v) is 10.2. The maximum atomic E-state index is 13.7. The summed E-state index contributed by atoms with van der Waals surface area (Å²) in [4.78, 5) is 41.9. The molecule has 3 amide bonds. The van der Waals surface area contributed by atoms with Gasteiger partial charge in [-0.15, -0.1) is 22.7 Å². The minimum atomic E-state index is -0.889. The topological polar surface area (TPSA) is 141 Å². The van der Waals surface area contributed by atoms with E-state index in [9.17, 15) is 14.4 Å². The molecule has 9 nitrogen and oxygen atoms in total. The van der Waals surface area contributed by atoms with Crippen molar-refractivity contribution in [2.24, 2.45) is 5.73 Å². The molecule has 5 N–H and O–H groups in total. The van der Waals surface area contributed by atoms with Gasteiger partial charge in [0.25, 0.3) is 11.8 Å². The van der Waals surface area contributed by atoms with Gasteiger partial charge in [0, 0.05) is 22.9 Å². The first-order valence-electron chi connectivity index (χ1n) is 10.3. The van der Waals surface area contributed by atoms with Gasteiger partial charge in [-0.05, 0) is 47.3 Å². The Morgan fingerprint density at radius 2 is 2.03 bits per heavy atom. The smallest absolute Gasteiger partial charge is 0.270 e. The molecule has 0 radical (unpaired) electrons. The SMILES string of the molecule is NC(=O)c1nsc(C(=O)N(Cc2cccs2)C(C(=O)NCC2CCCO2)c2cccs2)c1N. The minimum Gasteiger partial charge on any atom is -0.395 e. The van der Waals surface area contributed by atoms with Crippen LogP contribution in [0.5, 0.6) is 0 Å². The van der Waals surface area contributed by atoms with Crippen LogP contribution in [-0.2, 0) is 16.1 Å². The monoisotopic (exact) mass is 505 g/mol. The molecule has 2 unspecified atom stereocenters. The van der Waals surface area contributed by atoms with E-state index < -0.39 is 17.9 Å². The van der Waals surface area contributed by atoms with E-state index in [4.69, 9.17) is 16.2 Å². The molecule has 4 rings (SSSR count). The number of hydrogen-bond donors (Lipinski definition) is 3. The van der Waals surface area contributed by atoms with Gasteiger partial charge in [-0.3, -0.25) is 14.4 Å². The highest BCUT2D eigenvalue weighted by atomic mass is 32.1. The third kappa shape index (κ3) is 5.24. The number of aromatic nitrogens is 1. The van der Waals surface area contributed by atoms with Gasteiger partial charge in [-0.2, -0.15) is 4.37 Å². The predicted octanol–water partition coefficient (Wildman–Crippen LogP) is 2.63. The van der Waals surface area contributed by atoms with Gasteiger partial charge >= 0.3 is 0 Å². The fourth-order valence-corrected chi connectivity index (χ4v) is 5.90. The average Bonchev–Trinajstić information content (AvgIpc) is 3.60. The average molecular weight is 506 g/mol. The summed E-state index contributed by atoms with van der Waals surface area (Å²) in [7, 11) is 0. The van der Waals surface area contributed by atoms with Gasteiger partial charge in [0.2, 0.25) is 5.91 Å². The zero-order valence-electron chi connectivity index (χ0n) is 17.6. The Bertz CT molecular complexity index is 1110. The molecule has 1 aliphatic rings. The number of anilines is 1. The van der Waals surface area contributed by atoms with Crippen LogP contribution in [-0.4, -0.2) is 46.3 Å². The van der Waals surface area contributed by atoms with E-state index in [0.29, 0.717) is 18.0 Å². The van der Waals surface area contributed by atoms with Crippen molar-refractivity contribution in [2.45, 2.75) is 31.5 Å². The van der Waals surface area contributed by atoms with Gasteiger partial charge in [0.05, 0.1) is 18.3 Å². The standard InChI is InChI=1S/C21H23N5O4S3/c22-15-16(19(23)27)25-33-18(15)21(29)26(11-13-5-2-8-31-13)17(14-6-3-9-32-14)20(28)24-10-12-4-1-7-30-12/h2-3,5-6,8-9,12,17H,1,4,7,10-11,22H2,(H2,23,27)(H,24,28). The van der Waals surface area contributed by atoms with Gasteiger partial charge in [-0.1, -0.05) is 12.1 Å². The Hall–Kier alpha value is -2.80. The highest BCUT2D eigenvalue weighted by molar-refractivity contribution is 7.10. The van der Waals surface area contributed by atoms with Crippen LogP contribution in [0, 0.1) is 0 Å². The van der Waals surface area contributed by atoms with Crippen LogP contribution in [0.3, 0.4) is 0 Å². The van der Waals surface area contributed by atoms with Crippen LogP contribution in [0.4, 0.5) is 5.69 Å². The summed E-state index contributed by atoms with van der Waals surface area (Å²) in [5, 5.41) is 6.71. The second-order valence-electron chi connectivity index (χ2n) is 7.45. The highest BCUT2D eigenvalue weighted by Crippen LogP contribution is 2.32. The summed E-state index contributed by atoms with van der Waals surface area (Å²) in [6.45, 7) is 1.25. The lowest BCUT2D eigenvalue weighted by Crippen LogP contribution is -2.44. The predicted molar refractivity (Wildman–Crippen MR) is 128 cm³/mol. The number of ether oxygens (including phenoxy) is 1. The number of nitrogens with zero attached hydrogens (tertiary/aromatic N) is 2. The number of hydrogen-bond acceptors (Lipinski definition) is 9. The first-order valence-corrected chi connectivity index (χ1v) is 12.8. The van der Waals surface area contributed by atoms with Crippen molar-refractivity contribution in [3.63, 3.8) is 0 Å². The van der Waals surface area contributed by atoms with Gasteiger partial charge in [0.15, 0.2) is 5.69 Å². The largest absolute Gasteiger partial charge is 0.395 e. The van der Waals surface area contributed by atoms with E-state index in [0.717, 1.165) is 29.3 Å². The van der Waals surface area contributed by atoms with Gasteiger partial charge < -0.3 is 26.4 Å². The van der Waals surface area contributed by atoms with E-state index in [2.05, 4.69) is 9.69 Å². The molecule has 1 saturated heterocycles. The van der Waals surface area contributed by atoms with Crippen LogP contribution in [0.2, 0.25) is 0 Å². The molecule has 0 bridgehead atoms. The summed E-state index contributed by atoms with van der Waals surface area (Å²) < 4.78 is 9.57. The van der Waals surface area contributed by atoms with Crippen LogP contribution in [0.15, 0.2) is 35.0 Å². The molecule has 0 aromatic carbocycles. The third-order valence-electron chi connectivity index (χ3n) is 5.22. The summed E-state index contributed by atoms with van der Waals surface area (Å²) in [5.41, 5.74) is 11.2. The fraction of sp³-hybridized carbons (Fsp3) is 0.333. The zero-order valence-corrected chi connectivity index (χ0v) is 20.0. The maximum absolute atomic E-state index is 13.7. The summed E-state index contributed by atoms with van der Waals surface area (Å²) in [5.74, 6) is -1.61. The van der Waals surface area contributed by atoms with Crippen molar-refractivity contribution >= 4 is 57.6 Å². The Labute approximate surface area is 202 Å². The van der Waals surface area contributed by atoms with Gasteiger partial charge in [-0.25, -0.2) is 0 Å². The zero-order chi connectivity index (χ0) is 23.4. The quantitative estimate of drug-likeness (QED) is 0.408. The molecule has 174 valence electrons. The lowest BCUT2D eigenvalue weighted by atomic mass is 10.1. The summed E-state index contributed by atoms with van der Waals surface area (Å²) >= 11 is 3.67. The first-order chi connectivity index (χ1) is 16.0. The molecule has 3 aromatic rings. The van der Waals surface area contributed by atoms with E-state index >= 15 is 0 Å². The number of amides is 3. The molecule has 1 fully saturated rings. The number of primary amides is 1. The number of nitrogen functional groups attached to an aromatic ring is 1. The number of nitrogens with two attached hydrogens (primary N) is 2. The van der Waals surface area contributed by atoms with Crippen LogP contribution >= 0.6 is 34.2 Å². The minimum absolute atomic E-state index is 0.0327. The molecular weight excluding hydrogens is 482 g/mol. The lowest BCUT2D eigenvalue weighted by molar-refractivity contribution is -0.126. The number of carbonyl (C=O) groups excluding carboxylic acids is 3. The number of carbonyl (C=O) groups is 3. The van der Waals surface area contributed by atoms with Gasteiger partial charge in [0.1, 0.15) is 10.9 Å². The molecule has 33 heavy (non-hydrogen) atoms. The molecule has 2 atom stereocenters. The first kappa shape index (κ1) is 23.4. The molecule has 0 aliphatic carbocycles. The van der Waals surface area contributed by atoms with E-state index in [1.165, 1.54) is 27.6 Å². The summed E-state index contributed by atoms with van der Waals surface area (Å²) in [6, 6.07) is 6.54. The van der Waals surface area contributed by atoms with Crippen molar-refractivity contribution in [3.8, 4) is 0 Å². The van der Waals surface area contributed by atoms with Crippen molar-refractivity contribution in [1.82, 2.24) is 14.6 Å². The van der Waals surface area contributed by atoms with Crippen molar-refractivity contribution < 1.29 is 19.1 Å². The fourth-order valence-electron chi connectivity index (χ4n) is 3.60. The molecule has 0 spiro atoms. The molecule has 1 aliphatic heterocycles. The van der Waals surface area contributed by atoms with E-state index in [1.54, 1.807) is 0 Å². The molecule has 3 aromatic heterocycles. The van der Waals surface area contributed by atoms with Crippen LogP contribution in [0.25, 0.3) is 0 Å². The van der Waals surface area contributed by atoms with Crippen molar-refractivity contribution in [3.05, 3.63) is 55.4 Å². The highest BCUT2D eigenvalue weighted by Gasteiger charge is 2.36. The maximum Gasteiger partial charge on any atom is 0.270 e. The second kappa shape index (κ2) is 10.4. The van der Waals surface area contributed by atoms with Crippen molar-refractivity contribution in [2.75, 3.05) is 18.9 Å². The third-order valence-corrected chi connectivity index (χ3v) is 7.86. The molecule has 4 heterocycles. The Morgan fingerprint density at radius 1 is 1.24 bits per heavy atom. The van der Waals surface area contributed by atoms with E-state index in [-0.39, 0.29) is 34.8 Å². The molecule has 0 saturated carbocycles. The number of nitrogens with one attached hydrogen (secondary N) is 1.